The molecule has 2 fully saturated rings. The van der Waals surface area contributed by atoms with Crippen molar-refractivity contribution < 1.29 is 4.79 Å². The second-order valence-corrected chi connectivity index (χ2v) is 5.64. The molecule has 0 bridgehead atoms. The predicted molar refractivity (Wildman–Crippen MR) is 73.6 cm³/mol. The summed E-state index contributed by atoms with van der Waals surface area (Å²) in [6.45, 7) is 7.21. The lowest BCUT2D eigenvalue weighted by molar-refractivity contribution is 0.136. The molecule has 2 aliphatic rings. The average Bonchev–Trinajstić information content (AvgIpc) is 2.34. The highest BCUT2D eigenvalue weighted by Crippen LogP contribution is 2.22. The number of rotatable bonds is 4. The van der Waals surface area contributed by atoms with Gasteiger partial charge in [0.2, 0.25) is 0 Å². The third kappa shape index (κ3) is 3.16. The summed E-state index contributed by atoms with van der Waals surface area (Å²) in [6.07, 6.45) is 5.83. The minimum absolute atomic E-state index is 0.160. The van der Waals surface area contributed by atoms with Crippen molar-refractivity contribution >= 4 is 6.03 Å². The van der Waals surface area contributed by atoms with Crippen molar-refractivity contribution in [2.24, 2.45) is 5.92 Å². The first-order valence-electron chi connectivity index (χ1n) is 7.53. The van der Waals surface area contributed by atoms with Crippen molar-refractivity contribution in [1.82, 2.24) is 15.5 Å². The van der Waals surface area contributed by atoms with Gasteiger partial charge in [0.15, 0.2) is 0 Å². The third-order valence-corrected chi connectivity index (χ3v) is 4.44. The minimum atomic E-state index is 0.160. The second kappa shape index (κ2) is 6.41. The van der Waals surface area contributed by atoms with Crippen molar-refractivity contribution in [1.29, 1.82) is 0 Å². The van der Waals surface area contributed by atoms with E-state index < -0.39 is 0 Å². The highest BCUT2D eigenvalue weighted by molar-refractivity contribution is 5.74. The summed E-state index contributed by atoms with van der Waals surface area (Å²) in [7, 11) is 0. The van der Waals surface area contributed by atoms with Gasteiger partial charge in [-0.15, -0.1) is 0 Å². The Kier molecular flexibility index (Phi) is 4.87. The Balaban J connectivity index is 1.82. The largest absolute Gasteiger partial charge is 0.335 e. The van der Waals surface area contributed by atoms with E-state index >= 15 is 0 Å². The minimum Gasteiger partial charge on any atom is -0.335 e. The zero-order valence-electron chi connectivity index (χ0n) is 11.7. The van der Waals surface area contributed by atoms with Gasteiger partial charge in [-0.1, -0.05) is 20.3 Å². The van der Waals surface area contributed by atoms with Gasteiger partial charge in [-0.05, 0) is 38.1 Å². The Morgan fingerprint density at radius 1 is 1.28 bits per heavy atom. The molecule has 0 radical (unpaired) electrons. The number of nitrogens with one attached hydrogen (secondary N) is 2. The Morgan fingerprint density at radius 2 is 2.06 bits per heavy atom. The van der Waals surface area contributed by atoms with Crippen molar-refractivity contribution in [3.8, 4) is 0 Å². The van der Waals surface area contributed by atoms with Gasteiger partial charge in [0, 0.05) is 25.2 Å². The van der Waals surface area contributed by atoms with Crippen LogP contribution in [0.1, 0.15) is 46.0 Å². The fraction of sp³-hybridized carbons (Fsp3) is 0.929. The zero-order chi connectivity index (χ0) is 13.0. The number of hydrogen-bond donors (Lipinski definition) is 2. The lowest BCUT2D eigenvalue weighted by Crippen LogP contribution is -2.55. The number of amides is 2. The number of hydrogen-bond acceptors (Lipinski definition) is 2. The van der Waals surface area contributed by atoms with Crippen LogP contribution >= 0.6 is 0 Å². The monoisotopic (exact) mass is 253 g/mol. The van der Waals surface area contributed by atoms with Crippen molar-refractivity contribution in [2.75, 3.05) is 19.6 Å². The number of likely N-dealkylation sites (tertiary alicyclic amines) is 1. The molecule has 4 nitrogen and oxygen atoms in total. The van der Waals surface area contributed by atoms with Gasteiger partial charge in [-0.2, -0.15) is 0 Å². The van der Waals surface area contributed by atoms with Crippen LogP contribution in [0.5, 0.6) is 0 Å². The number of urea groups is 1. The van der Waals surface area contributed by atoms with Crippen LogP contribution in [-0.2, 0) is 0 Å². The van der Waals surface area contributed by atoms with Crippen LogP contribution in [-0.4, -0.2) is 42.6 Å². The molecule has 1 saturated carbocycles. The molecule has 0 spiro atoms. The van der Waals surface area contributed by atoms with Crippen LogP contribution in [0.15, 0.2) is 0 Å². The van der Waals surface area contributed by atoms with Gasteiger partial charge in [0.1, 0.15) is 0 Å². The van der Waals surface area contributed by atoms with Gasteiger partial charge in [-0.3, -0.25) is 0 Å². The maximum atomic E-state index is 12.1. The molecule has 18 heavy (non-hydrogen) atoms. The summed E-state index contributed by atoms with van der Waals surface area (Å²) in [5, 5.41) is 6.69. The summed E-state index contributed by atoms with van der Waals surface area (Å²) < 4.78 is 0. The highest BCUT2D eigenvalue weighted by Gasteiger charge is 2.31. The number of carbonyl (C=O) groups excluding carboxylic acids is 1. The van der Waals surface area contributed by atoms with E-state index in [0.29, 0.717) is 18.0 Å². The molecule has 104 valence electrons. The summed E-state index contributed by atoms with van der Waals surface area (Å²) in [4.78, 5) is 14.1. The van der Waals surface area contributed by atoms with E-state index in [-0.39, 0.29) is 6.03 Å². The average molecular weight is 253 g/mol. The van der Waals surface area contributed by atoms with Crippen molar-refractivity contribution in [2.45, 2.75) is 58.0 Å². The third-order valence-electron chi connectivity index (χ3n) is 4.44. The molecule has 2 amide bonds. The molecule has 2 atom stereocenters. The summed E-state index contributed by atoms with van der Waals surface area (Å²) >= 11 is 0. The molecule has 4 heteroatoms. The molecule has 0 aromatic carbocycles. The van der Waals surface area contributed by atoms with Crippen LogP contribution in [0.2, 0.25) is 0 Å². The molecular weight excluding hydrogens is 226 g/mol. The molecule has 1 saturated heterocycles. The van der Waals surface area contributed by atoms with Crippen LogP contribution in [0.3, 0.4) is 0 Å². The summed E-state index contributed by atoms with van der Waals surface area (Å²) in [5.74, 6) is 0.603. The van der Waals surface area contributed by atoms with Crippen LogP contribution < -0.4 is 10.6 Å². The summed E-state index contributed by atoms with van der Waals surface area (Å²) in [6, 6.07) is 1.20. The first-order chi connectivity index (χ1) is 8.74. The Hall–Kier alpha value is -0.770. The molecule has 0 aromatic rings. The van der Waals surface area contributed by atoms with Crippen molar-refractivity contribution in [3.63, 3.8) is 0 Å². The molecule has 2 rings (SSSR count). The van der Waals surface area contributed by atoms with E-state index in [2.05, 4.69) is 24.5 Å². The van der Waals surface area contributed by atoms with Gasteiger partial charge >= 0.3 is 6.03 Å². The SMILES string of the molecule is CCNC1CCN(C(=O)NC2CCC2)CC1CC. The van der Waals surface area contributed by atoms with E-state index in [9.17, 15) is 4.79 Å². The topological polar surface area (TPSA) is 44.4 Å². The second-order valence-electron chi connectivity index (χ2n) is 5.64. The smallest absolute Gasteiger partial charge is 0.317 e. The molecular formula is C14H27N3O. The lowest BCUT2D eigenvalue weighted by atomic mass is 9.90. The molecule has 1 aliphatic carbocycles. The quantitative estimate of drug-likeness (QED) is 0.804. The Labute approximate surface area is 110 Å². The van der Waals surface area contributed by atoms with Crippen LogP contribution in [0.4, 0.5) is 4.79 Å². The normalized spacial score (nSPS) is 28.9. The molecule has 2 N–H and O–H groups in total. The first kappa shape index (κ1) is 13.7. The predicted octanol–water partition coefficient (Wildman–Crippen LogP) is 1.96. The Morgan fingerprint density at radius 3 is 2.61 bits per heavy atom. The van der Waals surface area contributed by atoms with E-state index in [0.717, 1.165) is 45.3 Å². The maximum absolute atomic E-state index is 12.1. The number of carbonyl (C=O) groups is 1. The van der Waals surface area contributed by atoms with E-state index in [1.54, 1.807) is 0 Å². The molecule has 0 aromatic heterocycles. The van der Waals surface area contributed by atoms with E-state index in [1.807, 2.05) is 4.90 Å². The zero-order valence-corrected chi connectivity index (χ0v) is 11.7. The first-order valence-corrected chi connectivity index (χ1v) is 7.53. The van der Waals surface area contributed by atoms with Crippen molar-refractivity contribution in [3.05, 3.63) is 0 Å². The summed E-state index contributed by atoms with van der Waals surface area (Å²) in [5.41, 5.74) is 0. The van der Waals surface area contributed by atoms with E-state index in [1.165, 1.54) is 6.42 Å². The van der Waals surface area contributed by atoms with E-state index in [4.69, 9.17) is 0 Å². The highest BCUT2D eigenvalue weighted by atomic mass is 16.2. The van der Waals surface area contributed by atoms with Gasteiger partial charge in [-0.25, -0.2) is 4.79 Å². The van der Waals surface area contributed by atoms with Crippen LogP contribution in [0.25, 0.3) is 0 Å². The fourth-order valence-electron chi connectivity index (χ4n) is 2.98. The molecule has 2 unspecified atom stereocenters. The van der Waals surface area contributed by atoms with Gasteiger partial charge in [0.05, 0.1) is 0 Å². The molecule has 1 heterocycles. The maximum Gasteiger partial charge on any atom is 0.317 e. The fourth-order valence-corrected chi connectivity index (χ4v) is 2.98. The standard InChI is InChI=1S/C14H27N3O/c1-3-11-10-17(9-8-13(11)15-4-2)14(18)16-12-6-5-7-12/h11-13,15H,3-10H2,1-2H3,(H,16,18). The number of nitrogens with zero attached hydrogens (tertiary/aromatic N) is 1. The van der Waals surface area contributed by atoms with Crippen LogP contribution in [0, 0.1) is 5.92 Å². The van der Waals surface area contributed by atoms with Gasteiger partial charge in [0.25, 0.3) is 0 Å². The number of piperidine rings is 1. The molecule has 1 aliphatic heterocycles. The Bertz CT molecular complexity index is 278. The van der Waals surface area contributed by atoms with Gasteiger partial charge < -0.3 is 15.5 Å². The lowest BCUT2D eigenvalue weighted by Gasteiger charge is -2.40.